The summed E-state index contributed by atoms with van der Waals surface area (Å²) in [6.07, 6.45) is -0.885. The van der Waals surface area contributed by atoms with Gasteiger partial charge in [0.1, 0.15) is 23.2 Å². The Balaban J connectivity index is 1.97. The van der Waals surface area contributed by atoms with E-state index in [0.29, 0.717) is 11.6 Å². The Morgan fingerprint density at radius 1 is 0.964 bits per heavy atom. The molecule has 1 unspecified atom stereocenters. The molecular formula is C20H14F3NO4. The highest BCUT2D eigenvalue weighted by atomic mass is 19.1. The highest BCUT2D eigenvalue weighted by Crippen LogP contribution is 2.35. The largest absolute Gasteiger partial charge is 0.450 e. The summed E-state index contributed by atoms with van der Waals surface area (Å²) in [5.41, 5.74) is -0.228. The first kappa shape index (κ1) is 19.4. The van der Waals surface area contributed by atoms with Crippen LogP contribution >= 0.6 is 0 Å². The van der Waals surface area contributed by atoms with Crippen LogP contribution in [0.15, 0.2) is 54.6 Å². The fraction of sp³-hybridized carbons (Fsp3) is 0.100. The number of aliphatic hydroxyl groups excluding tert-OH is 1. The molecule has 0 spiro atoms. The van der Waals surface area contributed by atoms with Crippen LogP contribution in [-0.4, -0.2) is 10.0 Å². The van der Waals surface area contributed by atoms with E-state index < -0.39 is 28.5 Å². The van der Waals surface area contributed by atoms with E-state index in [0.717, 1.165) is 18.2 Å². The zero-order chi connectivity index (χ0) is 20.4. The molecule has 0 saturated carbocycles. The lowest BCUT2D eigenvalue weighted by Crippen LogP contribution is -1.98. The minimum absolute atomic E-state index is 0.0605. The molecule has 144 valence electrons. The molecule has 0 aliphatic carbocycles. The maximum atomic E-state index is 14.5. The predicted molar refractivity (Wildman–Crippen MR) is 95.6 cm³/mol. The highest BCUT2D eigenvalue weighted by Gasteiger charge is 2.19. The Kier molecular flexibility index (Phi) is 5.32. The lowest BCUT2D eigenvalue weighted by Gasteiger charge is -2.11. The molecular weight excluding hydrogens is 375 g/mol. The van der Waals surface area contributed by atoms with Crippen LogP contribution in [0.4, 0.5) is 18.9 Å². The number of hydrogen-bond donors (Lipinski definition) is 1. The Labute approximate surface area is 157 Å². The van der Waals surface area contributed by atoms with Gasteiger partial charge < -0.3 is 9.84 Å². The molecule has 0 aromatic heterocycles. The first-order valence-corrected chi connectivity index (χ1v) is 8.15. The minimum atomic E-state index is -0.923. The summed E-state index contributed by atoms with van der Waals surface area (Å²) in [6, 6.07) is 10.1. The summed E-state index contributed by atoms with van der Waals surface area (Å²) in [5.74, 6) is -2.80. The second-order valence-corrected chi connectivity index (χ2v) is 6.03. The number of rotatable bonds is 5. The quantitative estimate of drug-likeness (QED) is 0.460. The standard InChI is InChI=1S/C20H14F3NO4/c1-11(25)12-2-7-19(24(26)27)20(8-12)28-14-4-6-16(18(23)10-14)15-5-3-13(21)9-17(15)22/h2-11,25H,1H3. The lowest BCUT2D eigenvalue weighted by molar-refractivity contribution is -0.385. The van der Waals surface area contributed by atoms with Crippen LogP contribution in [0, 0.1) is 27.6 Å². The minimum Gasteiger partial charge on any atom is -0.450 e. The second-order valence-electron chi connectivity index (χ2n) is 6.03. The van der Waals surface area contributed by atoms with Gasteiger partial charge in [-0.25, -0.2) is 13.2 Å². The molecule has 3 aromatic rings. The molecule has 5 nitrogen and oxygen atoms in total. The van der Waals surface area contributed by atoms with Crippen molar-refractivity contribution in [1.29, 1.82) is 0 Å². The Hall–Kier alpha value is -3.39. The molecule has 0 heterocycles. The van der Waals surface area contributed by atoms with Crippen LogP contribution in [0.3, 0.4) is 0 Å². The Morgan fingerprint density at radius 2 is 1.61 bits per heavy atom. The number of aliphatic hydroxyl groups is 1. The van der Waals surface area contributed by atoms with Gasteiger partial charge in [-0.3, -0.25) is 10.1 Å². The number of nitro groups is 1. The average Bonchev–Trinajstić information content (AvgIpc) is 2.62. The Bertz CT molecular complexity index is 1050. The number of nitro benzene ring substituents is 1. The molecule has 3 aromatic carbocycles. The van der Waals surface area contributed by atoms with Gasteiger partial charge in [0, 0.05) is 29.3 Å². The maximum absolute atomic E-state index is 14.5. The van der Waals surface area contributed by atoms with Gasteiger partial charge in [0.25, 0.3) is 0 Å². The summed E-state index contributed by atoms with van der Waals surface area (Å²) >= 11 is 0. The molecule has 0 aliphatic rings. The van der Waals surface area contributed by atoms with Gasteiger partial charge in [0.05, 0.1) is 11.0 Å². The number of ether oxygens (including phenoxy) is 1. The van der Waals surface area contributed by atoms with E-state index in [1.165, 1.54) is 37.3 Å². The van der Waals surface area contributed by atoms with Crippen LogP contribution in [0.5, 0.6) is 11.5 Å². The van der Waals surface area contributed by atoms with Crippen LogP contribution in [-0.2, 0) is 0 Å². The highest BCUT2D eigenvalue weighted by molar-refractivity contribution is 5.66. The molecule has 28 heavy (non-hydrogen) atoms. The number of benzene rings is 3. The molecule has 3 rings (SSSR count). The van der Waals surface area contributed by atoms with Crippen molar-refractivity contribution in [1.82, 2.24) is 0 Å². The molecule has 1 N–H and O–H groups in total. The fourth-order valence-electron chi connectivity index (χ4n) is 2.64. The van der Waals surface area contributed by atoms with Crippen molar-refractivity contribution in [3.8, 4) is 22.6 Å². The zero-order valence-corrected chi connectivity index (χ0v) is 14.5. The summed E-state index contributed by atoms with van der Waals surface area (Å²) in [7, 11) is 0. The summed E-state index contributed by atoms with van der Waals surface area (Å²) < 4.78 is 46.8. The topological polar surface area (TPSA) is 72.6 Å². The van der Waals surface area contributed by atoms with Crippen molar-refractivity contribution in [2.24, 2.45) is 0 Å². The van der Waals surface area contributed by atoms with Crippen LogP contribution in [0.1, 0.15) is 18.6 Å². The first-order valence-electron chi connectivity index (χ1n) is 8.15. The monoisotopic (exact) mass is 389 g/mol. The third kappa shape index (κ3) is 3.96. The van der Waals surface area contributed by atoms with Crippen LogP contribution < -0.4 is 4.74 Å². The van der Waals surface area contributed by atoms with Crippen molar-refractivity contribution in [3.05, 3.63) is 87.7 Å². The molecule has 0 fully saturated rings. The predicted octanol–water partition coefficient (Wildman–Crippen LogP) is 5.52. The summed E-state index contributed by atoms with van der Waals surface area (Å²) in [4.78, 5) is 10.5. The molecule has 0 saturated heterocycles. The molecule has 0 amide bonds. The zero-order valence-electron chi connectivity index (χ0n) is 14.5. The van der Waals surface area contributed by atoms with E-state index in [2.05, 4.69) is 0 Å². The SMILES string of the molecule is CC(O)c1ccc([N+](=O)[O-])c(Oc2ccc(-c3ccc(F)cc3F)c(F)c2)c1. The van der Waals surface area contributed by atoms with Crippen molar-refractivity contribution < 1.29 is 27.9 Å². The van der Waals surface area contributed by atoms with E-state index in [4.69, 9.17) is 4.74 Å². The van der Waals surface area contributed by atoms with Gasteiger partial charge in [-0.1, -0.05) is 0 Å². The first-order chi connectivity index (χ1) is 13.3. The van der Waals surface area contributed by atoms with E-state index in [-0.39, 0.29) is 28.3 Å². The maximum Gasteiger partial charge on any atom is 0.311 e. The smallest absolute Gasteiger partial charge is 0.311 e. The lowest BCUT2D eigenvalue weighted by atomic mass is 10.0. The van der Waals surface area contributed by atoms with Crippen molar-refractivity contribution in [3.63, 3.8) is 0 Å². The van der Waals surface area contributed by atoms with E-state index in [9.17, 15) is 28.4 Å². The van der Waals surface area contributed by atoms with E-state index >= 15 is 0 Å². The normalized spacial score (nSPS) is 11.9. The summed E-state index contributed by atoms with van der Waals surface area (Å²) in [6.45, 7) is 1.48. The van der Waals surface area contributed by atoms with Gasteiger partial charge in [-0.2, -0.15) is 0 Å². The summed E-state index contributed by atoms with van der Waals surface area (Å²) in [5, 5.41) is 20.8. The third-order valence-corrected chi connectivity index (χ3v) is 4.05. The number of halogens is 3. The van der Waals surface area contributed by atoms with Gasteiger partial charge >= 0.3 is 5.69 Å². The average molecular weight is 389 g/mol. The second kappa shape index (κ2) is 7.69. The van der Waals surface area contributed by atoms with Gasteiger partial charge in [-0.05, 0) is 48.9 Å². The molecule has 0 bridgehead atoms. The van der Waals surface area contributed by atoms with Crippen LogP contribution in [0.25, 0.3) is 11.1 Å². The van der Waals surface area contributed by atoms with Crippen LogP contribution in [0.2, 0.25) is 0 Å². The van der Waals surface area contributed by atoms with Crippen molar-refractivity contribution in [2.75, 3.05) is 0 Å². The van der Waals surface area contributed by atoms with Crippen molar-refractivity contribution >= 4 is 5.69 Å². The van der Waals surface area contributed by atoms with Gasteiger partial charge in [0.15, 0.2) is 0 Å². The Morgan fingerprint density at radius 3 is 2.18 bits per heavy atom. The van der Waals surface area contributed by atoms with Gasteiger partial charge in [0.2, 0.25) is 5.75 Å². The molecule has 0 radical (unpaired) electrons. The molecule has 0 aliphatic heterocycles. The van der Waals surface area contributed by atoms with E-state index in [1.54, 1.807) is 0 Å². The molecule has 8 heteroatoms. The third-order valence-electron chi connectivity index (χ3n) is 4.05. The molecule has 1 atom stereocenters. The number of nitrogens with zero attached hydrogens (tertiary/aromatic N) is 1. The van der Waals surface area contributed by atoms with Crippen molar-refractivity contribution in [2.45, 2.75) is 13.0 Å². The van der Waals surface area contributed by atoms with Gasteiger partial charge in [-0.15, -0.1) is 0 Å². The fourth-order valence-corrected chi connectivity index (χ4v) is 2.64. The van der Waals surface area contributed by atoms with E-state index in [1.807, 2.05) is 0 Å². The number of hydrogen-bond acceptors (Lipinski definition) is 4.